The van der Waals surface area contributed by atoms with Crippen molar-refractivity contribution in [3.05, 3.63) is 57.5 Å². The van der Waals surface area contributed by atoms with Gasteiger partial charge in [-0.15, -0.1) is 0 Å². The van der Waals surface area contributed by atoms with Crippen LogP contribution in [0.3, 0.4) is 0 Å². The lowest BCUT2D eigenvalue weighted by Gasteiger charge is -2.43. The molecule has 2 aromatic carbocycles. The number of anilines is 2. The number of carbonyl (C=O) groups is 2. The molecular formula is C17H15BrClN3O3. The average Bonchev–Trinajstić information content (AvgIpc) is 2.56. The van der Waals surface area contributed by atoms with Gasteiger partial charge < -0.3 is 15.3 Å². The molecule has 0 radical (unpaired) electrons. The zero-order valence-electron chi connectivity index (χ0n) is 13.5. The third-order valence-electron chi connectivity index (χ3n) is 3.91. The molecule has 0 saturated carbocycles. The smallest absolute Gasteiger partial charge is 0.329 e. The minimum atomic E-state index is -2.20. The van der Waals surface area contributed by atoms with E-state index in [0.717, 1.165) is 4.90 Å². The van der Waals surface area contributed by atoms with Crippen LogP contribution in [-0.4, -0.2) is 36.0 Å². The standard InChI is InChI=1S/C17H15BrClN3O3/c1-21(2)15(23)17(25)13-9-10(18)3-8-14(13)20-16(24)22(17)12-6-4-11(19)5-7-12/h3-9,25H,1-2H3,(H,20,24). The first kappa shape index (κ1) is 17.7. The number of urea groups is 1. The number of nitrogens with one attached hydrogen (secondary N) is 1. The number of aliphatic hydroxyl groups is 1. The second kappa shape index (κ2) is 6.33. The Morgan fingerprint density at radius 3 is 2.48 bits per heavy atom. The largest absolute Gasteiger partial charge is 0.359 e. The SMILES string of the molecule is CN(C)C(=O)C1(O)c2cc(Br)ccc2NC(=O)N1c1ccc(Cl)cc1. The van der Waals surface area contributed by atoms with Crippen LogP contribution >= 0.6 is 27.5 Å². The molecule has 3 amide bonds. The fourth-order valence-electron chi connectivity index (χ4n) is 2.77. The predicted octanol–water partition coefficient (Wildman–Crippen LogP) is 3.39. The molecule has 0 spiro atoms. The van der Waals surface area contributed by atoms with Crippen LogP contribution in [0.5, 0.6) is 0 Å². The maximum atomic E-state index is 12.9. The summed E-state index contributed by atoms with van der Waals surface area (Å²) in [4.78, 5) is 27.9. The highest BCUT2D eigenvalue weighted by Gasteiger charge is 2.52. The number of fused-ring (bicyclic) bond motifs is 1. The number of hydrogen-bond acceptors (Lipinski definition) is 3. The topological polar surface area (TPSA) is 72.9 Å². The molecule has 2 N–H and O–H groups in total. The Labute approximate surface area is 158 Å². The van der Waals surface area contributed by atoms with E-state index in [9.17, 15) is 14.7 Å². The fourth-order valence-corrected chi connectivity index (χ4v) is 3.26. The molecule has 1 heterocycles. The predicted molar refractivity (Wildman–Crippen MR) is 99.7 cm³/mol. The van der Waals surface area contributed by atoms with Gasteiger partial charge in [-0.25, -0.2) is 4.79 Å². The zero-order chi connectivity index (χ0) is 18.4. The van der Waals surface area contributed by atoms with E-state index >= 15 is 0 Å². The number of nitrogens with zero attached hydrogens (tertiary/aromatic N) is 2. The van der Waals surface area contributed by atoms with Crippen molar-refractivity contribution in [2.75, 3.05) is 24.3 Å². The van der Waals surface area contributed by atoms with Gasteiger partial charge in [0.15, 0.2) is 0 Å². The van der Waals surface area contributed by atoms with Crippen molar-refractivity contribution in [3.8, 4) is 0 Å². The average molecular weight is 425 g/mol. The van der Waals surface area contributed by atoms with E-state index in [1.165, 1.54) is 19.0 Å². The number of halogens is 2. The molecule has 2 aromatic rings. The van der Waals surface area contributed by atoms with Crippen LogP contribution in [0, 0.1) is 0 Å². The first-order valence-electron chi connectivity index (χ1n) is 7.36. The van der Waals surface area contributed by atoms with Gasteiger partial charge >= 0.3 is 6.03 Å². The summed E-state index contributed by atoms with van der Waals surface area (Å²) >= 11 is 9.25. The number of amides is 3. The molecule has 0 aromatic heterocycles. The third-order valence-corrected chi connectivity index (χ3v) is 4.66. The second-order valence-electron chi connectivity index (χ2n) is 5.80. The van der Waals surface area contributed by atoms with Crippen LogP contribution in [-0.2, 0) is 10.5 Å². The van der Waals surface area contributed by atoms with E-state index in [4.69, 9.17) is 11.6 Å². The lowest BCUT2D eigenvalue weighted by atomic mass is 9.94. The molecule has 1 atom stereocenters. The van der Waals surface area contributed by atoms with E-state index in [-0.39, 0.29) is 5.56 Å². The Morgan fingerprint density at radius 2 is 1.88 bits per heavy atom. The molecule has 0 saturated heterocycles. The van der Waals surface area contributed by atoms with Crippen LogP contribution in [0.1, 0.15) is 5.56 Å². The van der Waals surface area contributed by atoms with Gasteiger partial charge in [0.25, 0.3) is 11.6 Å². The van der Waals surface area contributed by atoms with Crippen LogP contribution in [0.25, 0.3) is 0 Å². The summed E-state index contributed by atoms with van der Waals surface area (Å²) in [6.07, 6.45) is 0. The Balaban J connectivity index is 2.27. The monoisotopic (exact) mass is 423 g/mol. The molecule has 130 valence electrons. The Kier molecular flexibility index (Phi) is 4.49. The fraction of sp³-hybridized carbons (Fsp3) is 0.176. The highest BCUT2D eigenvalue weighted by molar-refractivity contribution is 9.10. The summed E-state index contributed by atoms with van der Waals surface area (Å²) in [5, 5.41) is 14.6. The van der Waals surface area contributed by atoms with E-state index < -0.39 is 17.7 Å². The summed E-state index contributed by atoms with van der Waals surface area (Å²) in [7, 11) is 3.04. The van der Waals surface area contributed by atoms with Crippen LogP contribution in [0.15, 0.2) is 46.9 Å². The van der Waals surface area contributed by atoms with E-state index in [1.807, 2.05) is 0 Å². The Hall–Kier alpha value is -2.09. The summed E-state index contributed by atoms with van der Waals surface area (Å²) in [6, 6.07) is 10.6. The third kappa shape index (κ3) is 2.88. The van der Waals surface area contributed by atoms with Crippen molar-refractivity contribution in [2.45, 2.75) is 5.72 Å². The lowest BCUT2D eigenvalue weighted by Crippen LogP contribution is -2.62. The van der Waals surface area contributed by atoms with E-state index in [2.05, 4.69) is 21.2 Å². The Morgan fingerprint density at radius 1 is 1.24 bits per heavy atom. The summed E-state index contributed by atoms with van der Waals surface area (Å²) in [5.41, 5.74) is -1.21. The highest BCUT2D eigenvalue weighted by Crippen LogP contribution is 2.41. The molecule has 0 fully saturated rings. The van der Waals surface area contributed by atoms with Crippen molar-refractivity contribution < 1.29 is 14.7 Å². The van der Waals surface area contributed by atoms with Crippen molar-refractivity contribution in [2.24, 2.45) is 0 Å². The summed E-state index contributed by atoms with van der Waals surface area (Å²) in [5.74, 6) is -0.642. The van der Waals surface area contributed by atoms with Gasteiger partial charge in [0.2, 0.25) is 0 Å². The Bertz CT molecular complexity index is 857. The molecule has 8 heteroatoms. The zero-order valence-corrected chi connectivity index (χ0v) is 15.8. The molecule has 6 nitrogen and oxygen atoms in total. The number of hydrogen-bond donors (Lipinski definition) is 2. The molecule has 1 unspecified atom stereocenters. The first-order chi connectivity index (χ1) is 11.7. The number of carbonyl (C=O) groups excluding carboxylic acids is 2. The van der Waals surface area contributed by atoms with Crippen LogP contribution in [0.4, 0.5) is 16.2 Å². The van der Waals surface area contributed by atoms with Gasteiger partial charge in [0.05, 0.1) is 5.69 Å². The lowest BCUT2D eigenvalue weighted by molar-refractivity contribution is -0.149. The number of rotatable bonds is 2. The summed E-state index contributed by atoms with van der Waals surface area (Å²) < 4.78 is 0.670. The molecule has 1 aliphatic heterocycles. The second-order valence-corrected chi connectivity index (χ2v) is 7.16. The molecular weight excluding hydrogens is 410 g/mol. The van der Waals surface area contributed by atoms with Crippen molar-refractivity contribution in [1.29, 1.82) is 0 Å². The molecule has 0 bridgehead atoms. The van der Waals surface area contributed by atoms with Gasteiger partial charge in [-0.05, 0) is 42.5 Å². The molecule has 0 aliphatic carbocycles. The first-order valence-corrected chi connectivity index (χ1v) is 8.53. The van der Waals surface area contributed by atoms with Crippen molar-refractivity contribution in [3.63, 3.8) is 0 Å². The minimum Gasteiger partial charge on any atom is -0.359 e. The molecule has 1 aliphatic rings. The highest BCUT2D eigenvalue weighted by atomic mass is 79.9. The maximum absolute atomic E-state index is 12.9. The molecule has 25 heavy (non-hydrogen) atoms. The van der Waals surface area contributed by atoms with Gasteiger partial charge in [0.1, 0.15) is 0 Å². The van der Waals surface area contributed by atoms with Gasteiger partial charge in [-0.3, -0.25) is 9.69 Å². The van der Waals surface area contributed by atoms with Crippen LogP contribution < -0.4 is 10.2 Å². The van der Waals surface area contributed by atoms with Gasteiger partial charge in [-0.2, -0.15) is 0 Å². The van der Waals surface area contributed by atoms with Crippen molar-refractivity contribution >= 4 is 50.8 Å². The van der Waals surface area contributed by atoms with Crippen molar-refractivity contribution in [1.82, 2.24) is 4.90 Å². The summed E-state index contributed by atoms with van der Waals surface area (Å²) in [6.45, 7) is 0. The number of likely N-dealkylation sites (N-methyl/N-ethyl adjacent to an activating group) is 1. The number of benzene rings is 2. The molecule has 3 rings (SSSR count). The normalized spacial score (nSPS) is 19.2. The maximum Gasteiger partial charge on any atom is 0.329 e. The van der Waals surface area contributed by atoms with E-state index in [1.54, 1.807) is 42.5 Å². The quantitative estimate of drug-likeness (QED) is 0.776. The van der Waals surface area contributed by atoms with E-state index in [0.29, 0.717) is 20.9 Å². The van der Waals surface area contributed by atoms with Crippen LogP contribution in [0.2, 0.25) is 5.02 Å². The minimum absolute atomic E-state index is 0.273. The van der Waals surface area contributed by atoms with Gasteiger partial charge in [-0.1, -0.05) is 27.5 Å². The van der Waals surface area contributed by atoms with Gasteiger partial charge in [0, 0.05) is 34.8 Å².